The average Bonchev–Trinajstić information content (AvgIpc) is 3.27. The van der Waals surface area contributed by atoms with Gasteiger partial charge in [0.05, 0.1) is 6.42 Å². The van der Waals surface area contributed by atoms with Gasteiger partial charge >= 0.3 is 5.97 Å². The van der Waals surface area contributed by atoms with Crippen molar-refractivity contribution >= 4 is 5.97 Å². The molecule has 136 valence electrons. The van der Waals surface area contributed by atoms with Crippen molar-refractivity contribution in [3.63, 3.8) is 0 Å². The van der Waals surface area contributed by atoms with Gasteiger partial charge in [0.1, 0.15) is 19.2 Å². The molecule has 0 bridgehead atoms. The van der Waals surface area contributed by atoms with Crippen LogP contribution in [-0.2, 0) is 11.3 Å². The molecule has 3 rings (SSSR count). The fraction of sp³-hybridized carbons (Fsp3) is 0.706. The molecule has 25 heavy (non-hydrogen) atoms. The molecule has 2 aromatic rings. The van der Waals surface area contributed by atoms with Crippen LogP contribution >= 0.6 is 0 Å². The Kier molecular flexibility index (Phi) is 6.14. The molecular weight excluding hydrogens is 322 g/mol. The molecule has 1 aliphatic carbocycles. The summed E-state index contributed by atoms with van der Waals surface area (Å²) in [6.07, 6.45) is 12.6. The van der Waals surface area contributed by atoms with Crippen LogP contribution in [0.25, 0.3) is 0 Å². The maximum Gasteiger partial charge on any atom is 0.304 e. The average molecular weight is 347 g/mol. The number of nitrogens with zero attached hydrogens (tertiary/aromatic N) is 5. The predicted octanol–water partition coefficient (Wildman–Crippen LogP) is 3.02. The zero-order valence-corrected chi connectivity index (χ0v) is 14.4. The van der Waals surface area contributed by atoms with Gasteiger partial charge < -0.3 is 9.63 Å². The first-order valence-electron chi connectivity index (χ1n) is 9.07. The van der Waals surface area contributed by atoms with Gasteiger partial charge in [-0.05, 0) is 12.3 Å². The van der Waals surface area contributed by atoms with E-state index in [1.807, 2.05) is 0 Å². The van der Waals surface area contributed by atoms with Crippen LogP contribution in [0.15, 0.2) is 17.2 Å². The van der Waals surface area contributed by atoms with E-state index in [1.165, 1.54) is 38.4 Å². The Balaban J connectivity index is 1.55. The van der Waals surface area contributed by atoms with Gasteiger partial charge in [-0.1, -0.05) is 50.1 Å². The number of aliphatic carboxylic acids is 1. The van der Waals surface area contributed by atoms with Crippen LogP contribution in [0.1, 0.15) is 75.4 Å². The zero-order chi connectivity index (χ0) is 17.5. The summed E-state index contributed by atoms with van der Waals surface area (Å²) < 4.78 is 6.93. The lowest BCUT2D eigenvalue weighted by molar-refractivity contribution is -0.137. The summed E-state index contributed by atoms with van der Waals surface area (Å²) in [6.45, 7) is 0.366. The minimum absolute atomic E-state index is 0.0234. The van der Waals surface area contributed by atoms with E-state index in [0.717, 1.165) is 25.2 Å². The summed E-state index contributed by atoms with van der Waals surface area (Å²) in [7, 11) is 0. The van der Waals surface area contributed by atoms with Crippen molar-refractivity contribution in [2.24, 2.45) is 5.92 Å². The molecule has 1 fully saturated rings. The lowest BCUT2D eigenvalue weighted by Crippen LogP contribution is -2.10. The first-order valence-corrected chi connectivity index (χ1v) is 9.07. The lowest BCUT2D eigenvalue weighted by Gasteiger charge is -2.21. The Morgan fingerprint density at radius 1 is 1.36 bits per heavy atom. The Morgan fingerprint density at radius 2 is 2.20 bits per heavy atom. The van der Waals surface area contributed by atoms with Gasteiger partial charge in [0, 0.05) is 5.92 Å². The second-order valence-electron chi connectivity index (χ2n) is 6.87. The highest BCUT2D eigenvalue weighted by atomic mass is 16.5. The highest BCUT2D eigenvalue weighted by molar-refractivity contribution is 5.67. The Bertz CT molecular complexity index is 649. The van der Waals surface area contributed by atoms with Crippen molar-refractivity contribution < 1.29 is 14.4 Å². The molecule has 0 spiro atoms. The van der Waals surface area contributed by atoms with E-state index in [9.17, 15) is 9.90 Å². The van der Waals surface area contributed by atoms with Gasteiger partial charge in [-0.15, -0.1) is 0 Å². The van der Waals surface area contributed by atoms with Crippen LogP contribution in [0, 0.1) is 5.92 Å². The van der Waals surface area contributed by atoms with Crippen molar-refractivity contribution in [2.45, 2.75) is 70.3 Å². The van der Waals surface area contributed by atoms with Crippen molar-refractivity contribution in [3.05, 3.63) is 24.4 Å². The number of carbonyl (C=O) groups is 1. The molecule has 1 unspecified atom stereocenters. The third kappa shape index (κ3) is 5.37. The first-order chi connectivity index (χ1) is 12.2. The second kappa shape index (κ2) is 8.73. The number of hydrogen-bond acceptors (Lipinski definition) is 6. The fourth-order valence-electron chi connectivity index (χ4n) is 3.61. The predicted molar refractivity (Wildman–Crippen MR) is 88.8 cm³/mol. The molecule has 0 amide bonds. The van der Waals surface area contributed by atoms with E-state index in [-0.39, 0.29) is 12.3 Å². The van der Waals surface area contributed by atoms with Gasteiger partial charge in [0.2, 0.25) is 5.89 Å². The Labute approximate surface area is 146 Å². The normalized spacial score (nSPS) is 16.8. The van der Waals surface area contributed by atoms with Crippen LogP contribution in [0.2, 0.25) is 0 Å². The minimum Gasteiger partial charge on any atom is -0.481 e. The third-order valence-electron chi connectivity index (χ3n) is 4.91. The van der Waals surface area contributed by atoms with Crippen molar-refractivity contribution in [3.8, 4) is 0 Å². The zero-order valence-electron chi connectivity index (χ0n) is 14.4. The van der Waals surface area contributed by atoms with Crippen LogP contribution in [0.4, 0.5) is 0 Å². The minimum atomic E-state index is -0.835. The van der Waals surface area contributed by atoms with Crippen molar-refractivity contribution in [1.29, 1.82) is 0 Å². The summed E-state index contributed by atoms with van der Waals surface area (Å²) in [5.74, 6) is 0.644. The van der Waals surface area contributed by atoms with Crippen LogP contribution in [0.5, 0.6) is 0 Å². The number of rotatable bonds is 9. The second-order valence-corrected chi connectivity index (χ2v) is 6.87. The summed E-state index contributed by atoms with van der Waals surface area (Å²) in [6, 6.07) is 0. The quantitative estimate of drug-likeness (QED) is 0.743. The topological polar surface area (TPSA) is 107 Å². The molecule has 1 aliphatic rings. The van der Waals surface area contributed by atoms with Gasteiger partial charge in [0.25, 0.3) is 0 Å². The maximum absolute atomic E-state index is 11.2. The van der Waals surface area contributed by atoms with Crippen LogP contribution in [-0.4, -0.2) is 36.0 Å². The highest BCUT2D eigenvalue weighted by Crippen LogP contribution is 2.31. The van der Waals surface area contributed by atoms with Crippen LogP contribution in [0.3, 0.4) is 0 Å². The molecule has 1 N–H and O–H groups in total. The highest BCUT2D eigenvalue weighted by Gasteiger charge is 2.23. The number of carboxylic acid groups (broad SMARTS) is 1. The molecule has 1 saturated carbocycles. The molecular formula is C17H25N5O3. The first kappa shape index (κ1) is 17.6. The van der Waals surface area contributed by atoms with Gasteiger partial charge in [0.15, 0.2) is 5.82 Å². The van der Waals surface area contributed by atoms with E-state index >= 15 is 0 Å². The molecule has 2 aromatic heterocycles. The van der Waals surface area contributed by atoms with Gasteiger partial charge in [-0.3, -0.25) is 4.79 Å². The number of carboxylic acids is 1. The number of hydrogen-bond donors (Lipinski definition) is 1. The molecule has 8 heteroatoms. The van der Waals surface area contributed by atoms with E-state index in [4.69, 9.17) is 4.52 Å². The van der Waals surface area contributed by atoms with E-state index in [2.05, 4.69) is 20.2 Å². The molecule has 0 aromatic carbocycles. The molecule has 0 radical (unpaired) electrons. The lowest BCUT2D eigenvalue weighted by atomic mass is 9.84. The van der Waals surface area contributed by atoms with Gasteiger partial charge in [-0.25, -0.2) is 9.67 Å². The van der Waals surface area contributed by atoms with E-state index in [1.54, 1.807) is 11.0 Å². The molecule has 0 aliphatic heterocycles. The Hall–Kier alpha value is -2.25. The SMILES string of the molecule is O=C(O)CC(CCCC1CCCCC1)c1nc(Cn2cncn2)no1. The van der Waals surface area contributed by atoms with Crippen molar-refractivity contribution in [2.75, 3.05) is 0 Å². The van der Waals surface area contributed by atoms with Crippen LogP contribution < -0.4 is 0 Å². The van der Waals surface area contributed by atoms with Gasteiger partial charge in [-0.2, -0.15) is 10.1 Å². The molecule has 1 atom stereocenters. The number of aromatic nitrogens is 5. The molecule has 0 saturated heterocycles. The van der Waals surface area contributed by atoms with Crippen molar-refractivity contribution in [1.82, 2.24) is 24.9 Å². The van der Waals surface area contributed by atoms with E-state index < -0.39 is 5.97 Å². The summed E-state index contributed by atoms with van der Waals surface area (Å²) in [4.78, 5) is 19.4. The Morgan fingerprint density at radius 3 is 2.92 bits per heavy atom. The largest absolute Gasteiger partial charge is 0.481 e. The fourth-order valence-corrected chi connectivity index (χ4v) is 3.61. The van der Waals surface area contributed by atoms with E-state index in [0.29, 0.717) is 18.3 Å². The third-order valence-corrected chi connectivity index (χ3v) is 4.91. The summed E-state index contributed by atoms with van der Waals surface area (Å²) in [5.41, 5.74) is 0. The smallest absolute Gasteiger partial charge is 0.304 e. The molecule has 2 heterocycles. The summed E-state index contributed by atoms with van der Waals surface area (Å²) >= 11 is 0. The summed E-state index contributed by atoms with van der Waals surface area (Å²) in [5, 5.41) is 17.1. The maximum atomic E-state index is 11.2. The standard InChI is InChI=1S/C17H25N5O3/c23-16(24)9-14(8-4-7-13-5-2-1-3-6-13)17-20-15(21-25-17)10-22-12-18-11-19-22/h11-14H,1-10H2,(H,23,24). The molecule has 8 nitrogen and oxygen atoms in total. The monoisotopic (exact) mass is 347 g/mol.